The van der Waals surface area contributed by atoms with Crippen molar-refractivity contribution in [2.24, 2.45) is 0 Å². The minimum atomic E-state index is -0.0525. The molecule has 0 bridgehead atoms. The van der Waals surface area contributed by atoms with Crippen LogP contribution in [-0.4, -0.2) is 12.2 Å². The van der Waals surface area contributed by atoms with Gasteiger partial charge in [-0.3, -0.25) is 0 Å². The molecule has 0 fully saturated rings. The van der Waals surface area contributed by atoms with E-state index in [0.717, 1.165) is 16.9 Å². The van der Waals surface area contributed by atoms with Gasteiger partial charge in [0.2, 0.25) is 0 Å². The number of nitriles is 1. The van der Waals surface area contributed by atoms with Crippen LogP contribution < -0.4 is 4.90 Å². The second-order valence-electron chi connectivity index (χ2n) is 4.52. The van der Waals surface area contributed by atoms with E-state index in [1.54, 1.807) is 6.07 Å². The van der Waals surface area contributed by atoms with Crippen molar-refractivity contribution >= 4 is 11.4 Å². The summed E-state index contributed by atoms with van der Waals surface area (Å²) in [5.74, 6) is 0. The molecule has 2 rings (SSSR count). The normalized spacial score (nSPS) is 10.0. The van der Waals surface area contributed by atoms with Gasteiger partial charge in [0.1, 0.15) is 6.07 Å². The first-order valence-electron chi connectivity index (χ1n) is 6.10. The Morgan fingerprint density at radius 1 is 1.21 bits per heavy atom. The standard InChI is InChI=1S/C16H16N2O/c1-12-4-3-5-15(8-12)18(2)16-7-6-13(11-19)9-14(16)10-17/h3-9,19H,11H2,1-2H3. The fourth-order valence-corrected chi connectivity index (χ4v) is 2.04. The lowest BCUT2D eigenvalue weighted by atomic mass is 10.1. The lowest BCUT2D eigenvalue weighted by molar-refractivity contribution is 0.282. The van der Waals surface area contributed by atoms with E-state index in [1.165, 1.54) is 5.56 Å². The summed E-state index contributed by atoms with van der Waals surface area (Å²) < 4.78 is 0. The van der Waals surface area contributed by atoms with E-state index in [0.29, 0.717) is 5.56 Å². The number of hydrogen-bond donors (Lipinski definition) is 1. The van der Waals surface area contributed by atoms with E-state index in [2.05, 4.69) is 12.1 Å². The summed E-state index contributed by atoms with van der Waals surface area (Å²) in [6.07, 6.45) is 0. The third-order valence-electron chi connectivity index (χ3n) is 3.11. The number of rotatable bonds is 3. The van der Waals surface area contributed by atoms with Crippen LogP contribution in [-0.2, 0) is 6.61 Å². The summed E-state index contributed by atoms with van der Waals surface area (Å²) in [6.45, 7) is 1.99. The first kappa shape index (κ1) is 13.1. The molecule has 0 spiro atoms. The Hall–Kier alpha value is -2.31. The highest BCUT2D eigenvalue weighted by molar-refractivity contribution is 5.69. The molecule has 0 heterocycles. The second-order valence-corrected chi connectivity index (χ2v) is 4.52. The molecule has 0 saturated carbocycles. The molecule has 0 unspecified atom stereocenters. The predicted octanol–water partition coefficient (Wildman–Crippen LogP) is 3.13. The van der Waals surface area contributed by atoms with Gasteiger partial charge >= 0.3 is 0 Å². The highest BCUT2D eigenvalue weighted by Gasteiger charge is 2.10. The van der Waals surface area contributed by atoms with E-state index in [9.17, 15) is 5.26 Å². The largest absolute Gasteiger partial charge is 0.392 e. The number of aryl methyl sites for hydroxylation is 1. The van der Waals surface area contributed by atoms with E-state index in [1.807, 2.05) is 49.2 Å². The minimum absolute atomic E-state index is 0.0525. The highest BCUT2D eigenvalue weighted by Crippen LogP contribution is 2.28. The van der Waals surface area contributed by atoms with Gasteiger partial charge in [-0.2, -0.15) is 5.26 Å². The zero-order valence-electron chi connectivity index (χ0n) is 11.1. The van der Waals surface area contributed by atoms with Crippen LogP contribution in [0.25, 0.3) is 0 Å². The van der Waals surface area contributed by atoms with Crippen molar-refractivity contribution in [3.63, 3.8) is 0 Å². The van der Waals surface area contributed by atoms with Crippen molar-refractivity contribution in [1.29, 1.82) is 5.26 Å². The quantitative estimate of drug-likeness (QED) is 0.913. The Balaban J connectivity index is 2.44. The molecule has 19 heavy (non-hydrogen) atoms. The molecule has 0 radical (unpaired) electrons. The molecular weight excluding hydrogens is 236 g/mol. The maximum atomic E-state index is 9.23. The second kappa shape index (κ2) is 5.55. The molecule has 96 valence electrons. The first-order valence-corrected chi connectivity index (χ1v) is 6.10. The van der Waals surface area contributed by atoms with Crippen molar-refractivity contribution < 1.29 is 5.11 Å². The number of benzene rings is 2. The van der Waals surface area contributed by atoms with Crippen molar-refractivity contribution in [3.8, 4) is 6.07 Å². The van der Waals surface area contributed by atoms with Crippen molar-refractivity contribution in [3.05, 3.63) is 59.2 Å². The maximum Gasteiger partial charge on any atom is 0.101 e. The van der Waals surface area contributed by atoms with Gasteiger partial charge in [0, 0.05) is 12.7 Å². The van der Waals surface area contributed by atoms with Crippen molar-refractivity contribution in [2.75, 3.05) is 11.9 Å². The Morgan fingerprint density at radius 3 is 2.63 bits per heavy atom. The lowest BCUT2D eigenvalue weighted by Crippen LogP contribution is -2.11. The Kier molecular flexibility index (Phi) is 3.84. The summed E-state index contributed by atoms with van der Waals surface area (Å²) in [6, 6.07) is 15.7. The molecule has 2 aromatic rings. The fraction of sp³-hybridized carbons (Fsp3) is 0.188. The van der Waals surface area contributed by atoms with Gasteiger partial charge < -0.3 is 10.0 Å². The number of aliphatic hydroxyl groups is 1. The van der Waals surface area contributed by atoms with Crippen LogP contribution in [0.1, 0.15) is 16.7 Å². The van der Waals surface area contributed by atoms with Crippen LogP contribution in [0, 0.1) is 18.3 Å². The summed E-state index contributed by atoms with van der Waals surface area (Å²) in [5.41, 5.74) is 4.36. The van der Waals surface area contributed by atoms with Crippen LogP contribution in [0.2, 0.25) is 0 Å². The molecule has 2 aromatic carbocycles. The first-order chi connectivity index (χ1) is 9.15. The van der Waals surface area contributed by atoms with Gasteiger partial charge in [0.15, 0.2) is 0 Å². The van der Waals surface area contributed by atoms with E-state index < -0.39 is 0 Å². The molecule has 0 aliphatic rings. The molecular formula is C16H16N2O. The topological polar surface area (TPSA) is 47.3 Å². The van der Waals surface area contributed by atoms with E-state index >= 15 is 0 Å². The van der Waals surface area contributed by atoms with Gasteiger partial charge in [-0.15, -0.1) is 0 Å². The van der Waals surface area contributed by atoms with Crippen LogP contribution >= 0.6 is 0 Å². The lowest BCUT2D eigenvalue weighted by Gasteiger charge is -2.21. The SMILES string of the molecule is Cc1cccc(N(C)c2ccc(CO)cc2C#N)c1. The van der Waals surface area contributed by atoms with Gasteiger partial charge in [0.25, 0.3) is 0 Å². The van der Waals surface area contributed by atoms with Crippen LogP contribution in [0.5, 0.6) is 0 Å². The monoisotopic (exact) mass is 252 g/mol. The summed E-state index contributed by atoms with van der Waals surface area (Å²) in [4.78, 5) is 1.98. The number of aliphatic hydroxyl groups excluding tert-OH is 1. The van der Waals surface area contributed by atoms with Crippen molar-refractivity contribution in [1.82, 2.24) is 0 Å². The Morgan fingerprint density at radius 2 is 2.00 bits per heavy atom. The zero-order chi connectivity index (χ0) is 13.8. The average molecular weight is 252 g/mol. The molecule has 3 nitrogen and oxygen atoms in total. The van der Waals surface area contributed by atoms with Gasteiger partial charge in [-0.25, -0.2) is 0 Å². The van der Waals surface area contributed by atoms with E-state index in [4.69, 9.17) is 5.11 Å². The average Bonchev–Trinajstić information content (AvgIpc) is 2.45. The maximum absolute atomic E-state index is 9.23. The molecule has 1 N–H and O–H groups in total. The Labute approximate surface area is 113 Å². The molecule has 0 saturated heterocycles. The highest BCUT2D eigenvalue weighted by atomic mass is 16.3. The third kappa shape index (κ3) is 2.75. The fourth-order valence-electron chi connectivity index (χ4n) is 2.04. The molecule has 0 aliphatic carbocycles. The van der Waals surface area contributed by atoms with Gasteiger partial charge in [0.05, 0.1) is 17.9 Å². The molecule has 0 amide bonds. The summed E-state index contributed by atoms with van der Waals surface area (Å²) in [5, 5.41) is 18.3. The number of anilines is 2. The minimum Gasteiger partial charge on any atom is -0.392 e. The van der Waals surface area contributed by atoms with Gasteiger partial charge in [-0.1, -0.05) is 18.2 Å². The van der Waals surface area contributed by atoms with Crippen LogP contribution in [0.15, 0.2) is 42.5 Å². The molecule has 0 atom stereocenters. The molecule has 0 aliphatic heterocycles. The van der Waals surface area contributed by atoms with E-state index in [-0.39, 0.29) is 6.61 Å². The third-order valence-corrected chi connectivity index (χ3v) is 3.11. The summed E-state index contributed by atoms with van der Waals surface area (Å²) >= 11 is 0. The number of nitrogens with zero attached hydrogens (tertiary/aromatic N) is 2. The molecule has 0 aromatic heterocycles. The van der Waals surface area contributed by atoms with Gasteiger partial charge in [-0.05, 0) is 42.3 Å². The van der Waals surface area contributed by atoms with Crippen molar-refractivity contribution in [2.45, 2.75) is 13.5 Å². The smallest absolute Gasteiger partial charge is 0.101 e. The summed E-state index contributed by atoms with van der Waals surface area (Å²) in [7, 11) is 1.93. The molecule has 3 heteroatoms. The predicted molar refractivity (Wildman–Crippen MR) is 76.3 cm³/mol. The number of hydrogen-bond acceptors (Lipinski definition) is 3. The zero-order valence-corrected chi connectivity index (χ0v) is 11.1. The van der Waals surface area contributed by atoms with Crippen LogP contribution in [0.4, 0.5) is 11.4 Å². The van der Waals surface area contributed by atoms with Crippen LogP contribution in [0.3, 0.4) is 0 Å². The Bertz CT molecular complexity index is 629.